The summed E-state index contributed by atoms with van der Waals surface area (Å²) in [6.07, 6.45) is -0.108. The van der Waals surface area contributed by atoms with Gasteiger partial charge in [-0.05, 0) is 35.6 Å². The standard InChI is InChI=1S/C26H32N4O5S/c1-25(2,3)19-8-7-17(13-20(19)35-5)23(31)30-21(22-27-10-12-36-22)18(15-34-4)14-26(30,24(32)33)16-29-11-6-9-28-29/h6-13,18,21H,14-16H2,1-5H3,(H,32,33)/t18-,21-,26-/m1/s1/i14D2,15D2,16D2,21D. The van der Waals surface area contributed by atoms with E-state index in [9.17, 15) is 18.8 Å². The molecule has 192 valence electrons. The van der Waals surface area contributed by atoms with Gasteiger partial charge in [0.05, 0.1) is 33.0 Å². The van der Waals surface area contributed by atoms with E-state index >= 15 is 0 Å². The highest BCUT2D eigenvalue weighted by atomic mass is 32.1. The van der Waals surface area contributed by atoms with E-state index in [1.54, 1.807) is 6.07 Å². The van der Waals surface area contributed by atoms with E-state index < -0.39 is 54.2 Å². The fourth-order valence-corrected chi connectivity index (χ4v) is 4.75. The second-order valence-corrected chi connectivity index (χ2v) is 9.90. The number of aromatic nitrogens is 3. The smallest absolute Gasteiger partial charge is 0.331 e. The molecule has 36 heavy (non-hydrogen) atoms. The number of hydrogen-bond acceptors (Lipinski definition) is 7. The molecule has 1 saturated heterocycles. The second kappa shape index (κ2) is 10.0. The molecule has 0 saturated carbocycles. The molecule has 10 heteroatoms. The number of likely N-dealkylation sites (tertiary alicyclic amines) is 1. The molecule has 0 spiro atoms. The Kier molecular flexibility index (Phi) is 5.03. The molecule has 1 aliphatic rings. The monoisotopic (exact) mass is 519 g/mol. The van der Waals surface area contributed by atoms with Gasteiger partial charge in [0.15, 0.2) is 5.54 Å². The first-order chi connectivity index (χ1) is 19.8. The van der Waals surface area contributed by atoms with Crippen LogP contribution < -0.4 is 4.74 Å². The van der Waals surface area contributed by atoms with Gasteiger partial charge in [-0.25, -0.2) is 9.78 Å². The Morgan fingerprint density at radius 3 is 2.69 bits per heavy atom. The van der Waals surface area contributed by atoms with Gasteiger partial charge >= 0.3 is 5.97 Å². The minimum atomic E-state index is -3.61. The van der Waals surface area contributed by atoms with E-state index in [0.29, 0.717) is 10.2 Å². The van der Waals surface area contributed by atoms with Gasteiger partial charge in [-0.1, -0.05) is 26.8 Å². The Morgan fingerprint density at radius 2 is 2.14 bits per heavy atom. The first-order valence-corrected chi connectivity index (χ1v) is 11.9. The highest BCUT2D eigenvalue weighted by Crippen LogP contribution is 2.49. The number of amides is 1. The third-order valence-corrected chi connectivity index (χ3v) is 6.44. The summed E-state index contributed by atoms with van der Waals surface area (Å²) in [7, 11) is 2.28. The summed E-state index contributed by atoms with van der Waals surface area (Å²) in [5.74, 6) is -5.65. The molecule has 0 radical (unpaired) electrons. The lowest BCUT2D eigenvalue weighted by molar-refractivity contribution is -0.150. The number of thiazole rings is 1. The summed E-state index contributed by atoms with van der Waals surface area (Å²) in [5, 5.41) is 15.8. The summed E-state index contributed by atoms with van der Waals surface area (Å²) >= 11 is 0.757. The predicted octanol–water partition coefficient (Wildman–Crippen LogP) is 4.02. The number of ether oxygens (including phenoxy) is 2. The van der Waals surface area contributed by atoms with Crippen LogP contribution in [0.4, 0.5) is 0 Å². The highest BCUT2D eigenvalue weighted by Gasteiger charge is 2.60. The largest absolute Gasteiger partial charge is 0.496 e. The first kappa shape index (κ1) is 18.1. The Morgan fingerprint density at radius 1 is 1.36 bits per heavy atom. The van der Waals surface area contributed by atoms with Crippen LogP contribution in [-0.4, -0.2) is 63.0 Å². The molecule has 1 fully saturated rings. The third kappa shape index (κ3) is 4.62. The average Bonchev–Trinajstić information content (AvgIpc) is 3.67. The van der Waals surface area contributed by atoms with Crippen molar-refractivity contribution in [3.05, 3.63) is 64.4 Å². The summed E-state index contributed by atoms with van der Waals surface area (Å²) < 4.78 is 74.8. The maximum atomic E-state index is 14.7. The van der Waals surface area contributed by atoms with Gasteiger partial charge in [0, 0.05) is 45.3 Å². The normalized spacial score (nSPS) is 29.2. The van der Waals surface area contributed by atoms with E-state index in [-0.39, 0.29) is 21.2 Å². The number of carbonyl (C=O) groups is 2. The van der Waals surface area contributed by atoms with Crippen molar-refractivity contribution < 1.29 is 33.8 Å². The predicted molar refractivity (Wildman–Crippen MR) is 135 cm³/mol. The minimum absolute atomic E-state index is 0.241. The van der Waals surface area contributed by atoms with Crippen LogP contribution in [0.3, 0.4) is 0 Å². The molecule has 1 aliphatic heterocycles. The van der Waals surface area contributed by atoms with Crippen LogP contribution in [-0.2, 0) is 21.4 Å². The zero-order valence-electron chi connectivity index (χ0n) is 27.5. The summed E-state index contributed by atoms with van der Waals surface area (Å²) in [6.45, 7) is -0.794. The maximum absolute atomic E-state index is 14.7. The Labute approximate surface area is 224 Å². The van der Waals surface area contributed by atoms with Crippen LogP contribution in [0.1, 0.15) is 63.7 Å². The molecule has 2 aromatic heterocycles. The lowest BCUT2D eigenvalue weighted by Crippen LogP contribution is -2.56. The minimum Gasteiger partial charge on any atom is -0.496 e. The van der Waals surface area contributed by atoms with Crippen molar-refractivity contribution in [3.8, 4) is 5.75 Å². The molecule has 9 nitrogen and oxygen atoms in total. The SMILES string of the molecule is [2H]C([2H])(OC)[C@H]1C([2H])([2H])[C@](C(=O)O)(C([2H])([2H])n2cccn2)N(C(=O)c2ccc(C(C)(C)C)c(OC)c2)[C@@]1([2H])c1nccs1. The molecule has 3 heterocycles. The quantitative estimate of drug-likeness (QED) is 0.479. The van der Waals surface area contributed by atoms with Crippen LogP contribution in [0.2, 0.25) is 0 Å². The molecule has 1 aromatic carbocycles. The molecule has 3 atom stereocenters. The van der Waals surface area contributed by atoms with Gasteiger partial charge in [0.2, 0.25) is 0 Å². The van der Waals surface area contributed by atoms with Crippen molar-refractivity contribution in [2.75, 3.05) is 20.8 Å². The second-order valence-electron chi connectivity index (χ2n) is 9.01. The Hall–Kier alpha value is -3.24. The fourth-order valence-electron chi connectivity index (χ4n) is 4.05. The molecule has 1 amide bonds. The van der Waals surface area contributed by atoms with E-state index in [0.717, 1.165) is 30.8 Å². The molecular weight excluding hydrogens is 480 g/mol. The number of aliphatic carboxylic acids is 1. The van der Waals surface area contributed by atoms with Gasteiger partial charge in [-0.3, -0.25) is 9.48 Å². The molecule has 4 rings (SSSR count). The van der Waals surface area contributed by atoms with Gasteiger partial charge < -0.3 is 19.5 Å². The fraction of sp³-hybridized carbons (Fsp3) is 0.462. The first-order valence-electron chi connectivity index (χ1n) is 14.5. The molecule has 0 bridgehead atoms. The Bertz CT molecular complexity index is 1510. The molecule has 1 N–H and O–H groups in total. The van der Waals surface area contributed by atoms with E-state index in [1.165, 1.54) is 36.9 Å². The number of carboxylic acids is 1. The zero-order chi connectivity index (χ0) is 32.4. The van der Waals surface area contributed by atoms with Crippen molar-refractivity contribution in [1.82, 2.24) is 19.7 Å². The van der Waals surface area contributed by atoms with Crippen LogP contribution >= 0.6 is 11.3 Å². The van der Waals surface area contributed by atoms with Crippen molar-refractivity contribution >= 4 is 23.2 Å². The lowest BCUT2D eigenvalue weighted by Gasteiger charge is -2.37. The number of carbonyl (C=O) groups excluding carboxylic acids is 1. The zero-order valence-corrected chi connectivity index (χ0v) is 21.3. The number of nitrogens with zero attached hydrogens (tertiary/aromatic N) is 4. The molecule has 0 unspecified atom stereocenters. The van der Waals surface area contributed by atoms with Crippen molar-refractivity contribution in [2.24, 2.45) is 5.92 Å². The van der Waals surface area contributed by atoms with Crippen molar-refractivity contribution in [1.29, 1.82) is 0 Å². The van der Waals surface area contributed by atoms with Crippen LogP contribution in [0.25, 0.3) is 0 Å². The average molecular weight is 520 g/mol. The number of benzene rings is 1. The van der Waals surface area contributed by atoms with Crippen LogP contribution in [0.15, 0.2) is 48.2 Å². The van der Waals surface area contributed by atoms with E-state index in [1.807, 2.05) is 20.8 Å². The van der Waals surface area contributed by atoms with Gasteiger partial charge in [-0.2, -0.15) is 5.10 Å². The van der Waals surface area contributed by atoms with Crippen molar-refractivity contribution in [2.45, 2.75) is 50.6 Å². The topological polar surface area (TPSA) is 107 Å². The van der Waals surface area contributed by atoms with Gasteiger partial charge in [0.25, 0.3) is 5.91 Å². The third-order valence-electron chi connectivity index (χ3n) is 5.64. The van der Waals surface area contributed by atoms with Crippen LogP contribution in [0, 0.1) is 5.92 Å². The van der Waals surface area contributed by atoms with Crippen LogP contribution in [0.5, 0.6) is 5.75 Å². The lowest BCUT2D eigenvalue weighted by atomic mass is 9.85. The molecule has 3 aromatic rings. The summed E-state index contributed by atoms with van der Waals surface area (Å²) in [4.78, 5) is 32.6. The van der Waals surface area contributed by atoms with Crippen molar-refractivity contribution in [3.63, 3.8) is 0 Å². The highest BCUT2D eigenvalue weighted by molar-refractivity contribution is 7.09. The van der Waals surface area contributed by atoms with Gasteiger partial charge in [0.1, 0.15) is 10.8 Å². The number of carboxylic acid groups (broad SMARTS) is 1. The summed E-state index contributed by atoms with van der Waals surface area (Å²) in [5.41, 5.74) is -3.62. The Balaban J connectivity index is 2.19. The number of rotatable bonds is 8. The molecule has 0 aliphatic carbocycles. The molecular formula is C26H32N4O5S. The van der Waals surface area contributed by atoms with E-state index in [2.05, 4.69) is 10.1 Å². The number of methoxy groups -OCH3 is 2. The van der Waals surface area contributed by atoms with Gasteiger partial charge in [-0.15, -0.1) is 11.3 Å². The summed E-state index contributed by atoms with van der Waals surface area (Å²) in [6, 6.07) is 2.54. The number of hydrogen-bond donors (Lipinski definition) is 1. The van der Waals surface area contributed by atoms with E-state index in [4.69, 9.17) is 15.0 Å². The maximum Gasteiger partial charge on any atom is 0.331 e.